The maximum atomic E-state index is 12.8. The maximum Gasteiger partial charge on any atom is 0.323 e. The Morgan fingerprint density at radius 2 is 2.04 bits per heavy atom. The number of rotatable bonds is 4. The van der Waals surface area contributed by atoms with Crippen LogP contribution in [0, 0.1) is 5.92 Å². The van der Waals surface area contributed by atoms with Crippen molar-refractivity contribution in [2.45, 2.75) is 97.0 Å². The number of carbonyl (C=O) groups is 1. The van der Waals surface area contributed by atoms with Crippen LogP contribution in [0.4, 0.5) is 0 Å². The predicted molar refractivity (Wildman–Crippen MR) is 98.2 cm³/mol. The SMILES string of the molecule is CC(C)n1ccc(CN2[C@H](C(=O)OC(C)(C)C)C[C@@H]3CCCC[C@@H]32)n1. The fourth-order valence-electron chi connectivity index (χ4n) is 4.32. The zero-order valence-corrected chi connectivity index (χ0v) is 16.4. The lowest BCUT2D eigenvalue weighted by Gasteiger charge is -2.33. The summed E-state index contributed by atoms with van der Waals surface area (Å²) in [4.78, 5) is 15.2. The highest BCUT2D eigenvalue weighted by Crippen LogP contribution is 2.41. The summed E-state index contributed by atoms with van der Waals surface area (Å²) in [6, 6.07) is 2.81. The van der Waals surface area contributed by atoms with Gasteiger partial charge in [0, 0.05) is 24.8 Å². The van der Waals surface area contributed by atoms with Crippen LogP contribution in [0.3, 0.4) is 0 Å². The molecule has 0 N–H and O–H groups in total. The summed E-state index contributed by atoms with van der Waals surface area (Å²) in [7, 11) is 0. The van der Waals surface area contributed by atoms with Gasteiger partial charge in [0.15, 0.2) is 0 Å². The second-order valence-electron chi connectivity index (χ2n) is 8.95. The topological polar surface area (TPSA) is 47.4 Å². The molecule has 2 heterocycles. The van der Waals surface area contributed by atoms with Crippen molar-refractivity contribution in [2.24, 2.45) is 5.92 Å². The minimum atomic E-state index is -0.435. The summed E-state index contributed by atoms with van der Waals surface area (Å²) in [5.41, 5.74) is 0.615. The molecule has 1 saturated heterocycles. The lowest BCUT2D eigenvalue weighted by Crippen LogP contribution is -2.44. The smallest absolute Gasteiger partial charge is 0.323 e. The third-order valence-corrected chi connectivity index (χ3v) is 5.44. The van der Waals surface area contributed by atoms with E-state index in [0.717, 1.165) is 18.7 Å². The minimum Gasteiger partial charge on any atom is -0.459 e. The monoisotopic (exact) mass is 347 g/mol. The van der Waals surface area contributed by atoms with Crippen molar-refractivity contribution in [3.05, 3.63) is 18.0 Å². The summed E-state index contributed by atoms with van der Waals surface area (Å²) in [5.74, 6) is 0.559. The number of hydrogen-bond acceptors (Lipinski definition) is 4. The van der Waals surface area contributed by atoms with Gasteiger partial charge >= 0.3 is 5.97 Å². The third kappa shape index (κ3) is 4.25. The average molecular weight is 348 g/mol. The molecule has 0 amide bonds. The largest absolute Gasteiger partial charge is 0.459 e. The van der Waals surface area contributed by atoms with Crippen LogP contribution in [0.2, 0.25) is 0 Å². The van der Waals surface area contributed by atoms with Gasteiger partial charge in [0.1, 0.15) is 11.6 Å². The lowest BCUT2D eigenvalue weighted by atomic mass is 9.85. The van der Waals surface area contributed by atoms with Gasteiger partial charge in [0.25, 0.3) is 0 Å². The van der Waals surface area contributed by atoms with Crippen LogP contribution in [-0.2, 0) is 16.1 Å². The van der Waals surface area contributed by atoms with E-state index < -0.39 is 5.60 Å². The molecule has 3 atom stereocenters. The van der Waals surface area contributed by atoms with Crippen LogP contribution in [-0.4, -0.2) is 38.3 Å². The normalized spacial score (nSPS) is 27.5. The number of fused-ring (bicyclic) bond motifs is 1. The number of esters is 1. The molecule has 1 aliphatic carbocycles. The molecule has 5 nitrogen and oxygen atoms in total. The molecular weight excluding hydrogens is 314 g/mol. The molecule has 0 aromatic carbocycles. The van der Waals surface area contributed by atoms with E-state index in [1.165, 1.54) is 25.7 Å². The first-order chi connectivity index (χ1) is 11.7. The van der Waals surface area contributed by atoms with Crippen molar-refractivity contribution >= 4 is 5.97 Å². The summed E-state index contributed by atoms with van der Waals surface area (Å²) >= 11 is 0. The highest BCUT2D eigenvalue weighted by molar-refractivity contribution is 5.76. The molecule has 1 aromatic rings. The van der Waals surface area contributed by atoms with Gasteiger partial charge in [-0.05, 0) is 65.9 Å². The summed E-state index contributed by atoms with van der Waals surface area (Å²) < 4.78 is 7.73. The van der Waals surface area contributed by atoms with Crippen molar-refractivity contribution < 1.29 is 9.53 Å². The molecule has 3 rings (SSSR count). The Labute approximate surface area is 151 Å². The van der Waals surface area contributed by atoms with Gasteiger partial charge in [-0.2, -0.15) is 5.10 Å². The minimum absolute atomic E-state index is 0.0646. The summed E-state index contributed by atoms with van der Waals surface area (Å²) in [6.07, 6.45) is 7.95. The Morgan fingerprint density at radius 3 is 2.68 bits per heavy atom. The fourth-order valence-corrected chi connectivity index (χ4v) is 4.32. The molecule has 0 unspecified atom stereocenters. The zero-order chi connectivity index (χ0) is 18.2. The van der Waals surface area contributed by atoms with Crippen LogP contribution in [0.25, 0.3) is 0 Å². The van der Waals surface area contributed by atoms with E-state index in [-0.39, 0.29) is 12.0 Å². The highest BCUT2D eigenvalue weighted by atomic mass is 16.6. The van der Waals surface area contributed by atoms with Gasteiger partial charge in [-0.1, -0.05) is 12.8 Å². The van der Waals surface area contributed by atoms with Crippen LogP contribution in [0.15, 0.2) is 12.3 Å². The average Bonchev–Trinajstić information content (AvgIpc) is 3.11. The van der Waals surface area contributed by atoms with Crippen LogP contribution < -0.4 is 0 Å². The van der Waals surface area contributed by atoms with E-state index >= 15 is 0 Å². The van der Waals surface area contributed by atoms with E-state index in [1.54, 1.807) is 0 Å². The number of aromatic nitrogens is 2. The molecule has 1 aromatic heterocycles. The van der Waals surface area contributed by atoms with E-state index in [0.29, 0.717) is 18.0 Å². The molecule has 0 radical (unpaired) electrons. The molecule has 2 fully saturated rings. The van der Waals surface area contributed by atoms with Crippen molar-refractivity contribution in [1.82, 2.24) is 14.7 Å². The van der Waals surface area contributed by atoms with Gasteiger partial charge in [0.2, 0.25) is 0 Å². The molecule has 2 aliphatic rings. The lowest BCUT2D eigenvalue weighted by molar-refractivity contribution is -0.161. The fraction of sp³-hybridized carbons (Fsp3) is 0.800. The van der Waals surface area contributed by atoms with E-state index in [2.05, 4.69) is 24.8 Å². The Hall–Kier alpha value is -1.36. The zero-order valence-electron chi connectivity index (χ0n) is 16.4. The Morgan fingerprint density at radius 1 is 1.32 bits per heavy atom. The predicted octanol–water partition coefficient (Wildman–Crippen LogP) is 3.94. The number of carbonyl (C=O) groups excluding carboxylic acids is 1. The number of nitrogens with zero attached hydrogens (tertiary/aromatic N) is 3. The molecule has 140 valence electrons. The Balaban J connectivity index is 1.78. The number of ether oxygens (including phenoxy) is 1. The highest BCUT2D eigenvalue weighted by Gasteiger charge is 2.46. The quantitative estimate of drug-likeness (QED) is 0.774. The molecule has 0 bridgehead atoms. The summed E-state index contributed by atoms with van der Waals surface area (Å²) in [5, 5.41) is 4.70. The Bertz CT molecular complexity index is 602. The number of likely N-dealkylation sites (tertiary alicyclic amines) is 1. The van der Waals surface area contributed by atoms with Crippen LogP contribution >= 0.6 is 0 Å². The summed E-state index contributed by atoms with van der Waals surface area (Å²) in [6.45, 7) is 10.8. The van der Waals surface area contributed by atoms with Gasteiger partial charge in [-0.3, -0.25) is 14.4 Å². The standard InChI is InChI=1S/C20H33N3O2/c1-14(2)23-11-10-16(21-23)13-22-17-9-7-6-8-15(17)12-18(22)19(24)25-20(3,4)5/h10-11,14-15,17-18H,6-9,12-13H2,1-5H3/t15-,17-,18-/m0/s1. The van der Waals surface area contributed by atoms with Gasteiger partial charge in [-0.25, -0.2) is 0 Å². The maximum absolute atomic E-state index is 12.8. The van der Waals surface area contributed by atoms with Crippen molar-refractivity contribution in [1.29, 1.82) is 0 Å². The molecule has 25 heavy (non-hydrogen) atoms. The van der Waals surface area contributed by atoms with Crippen molar-refractivity contribution in [3.63, 3.8) is 0 Å². The van der Waals surface area contributed by atoms with Crippen LogP contribution in [0.5, 0.6) is 0 Å². The van der Waals surface area contributed by atoms with Gasteiger partial charge < -0.3 is 4.74 Å². The first-order valence-electron chi connectivity index (χ1n) is 9.77. The first-order valence-corrected chi connectivity index (χ1v) is 9.77. The molecule has 1 aliphatic heterocycles. The molecular formula is C20H33N3O2. The Kier molecular flexibility index (Phi) is 5.24. The third-order valence-electron chi connectivity index (χ3n) is 5.44. The first kappa shape index (κ1) is 18.4. The van der Waals surface area contributed by atoms with Crippen molar-refractivity contribution in [3.8, 4) is 0 Å². The molecule has 0 spiro atoms. The van der Waals surface area contributed by atoms with E-state index in [1.807, 2.05) is 31.6 Å². The van der Waals surface area contributed by atoms with Crippen molar-refractivity contribution in [2.75, 3.05) is 0 Å². The second kappa shape index (κ2) is 7.10. The molecule has 1 saturated carbocycles. The van der Waals surface area contributed by atoms with Crippen LogP contribution in [0.1, 0.15) is 78.5 Å². The second-order valence-corrected chi connectivity index (χ2v) is 8.95. The van der Waals surface area contributed by atoms with Gasteiger partial charge in [-0.15, -0.1) is 0 Å². The molecule has 5 heteroatoms. The van der Waals surface area contributed by atoms with Gasteiger partial charge in [0.05, 0.1) is 5.69 Å². The van der Waals surface area contributed by atoms with E-state index in [4.69, 9.17) is 9.84 Å². The number of hydrogen-bond donors (Lipinski definition) is 0. The van der Waals surface area contributed by atoms with E-state index in [9.17, 15) is 4.79 Å².